The van der Waals surface area contributed by atoms with Gasteiger partial charge in [-0.3, -0.25) is 4.68 Å². The zero-order valence-corrected chi connectivity index (χ0v) is 12.5. The highest BCUT2D eigenvalue weighted by molar-refractivity contribution is 5.19. The quantitative estimate of drug-likeness (QED) is 0.916. The van der Waals surface area contributed by atoms with Crippen molar-refractivity contribution in [1.82, 2.24) is 19.7 Å². The molecule has 0 unspecified atom stereocenters. The smallest absolute Gasteiger partial charge is 0.137 e. The number of nitrogens with zero attached hydrogens (tertiary/aromatic N) is 4. The predicted octanol–water partition coefficient (Wildman–Crippen LogP) is 1.86. The Morgan fingerprint density at radius 2 is 2.32 bits per heavy atom. The van der Waals surface area contributed by atoms with E-state index in [9.17, 15) is 9.50 Å². The molecule has 1 aromatic heterocycles. The molecule has 6 heteroatoms. The lowest BCUT2D eigenvalue weighted by atomic mass is 9.97. The van der Waals surface area contributed by atoms with Crippen molar-refractivity contribution in [1.29, 1.82) is 0 Å². The minimum Gasteiger partial charge on any atom is -0.387 e. The summed E-state index contributed by atoms with van der Waals surface area (Å²) in [5.41, 5.74) is 0.637. The summed E-state index contributed by atoms with van der Waals surface area (Å²) < 4.78 is 15.1. The molecule has 0 radical (unpaired) electrons. The topological polar surface area (TPSA) is 54.2 Å². The van der Waals surface area contributed by atoms with Crippen LogP contribution in [0.4, 0.5) is 4.39 Å². The second-order valence-corrected chi connectivity index (χ2v) is 5.96. The first-order valence-electron chi connectivity index (χ1n) is 7.69. The molecular weight excluding hydrogens is 283 g/mol. The van der Waals surface area contributed by atoms with Gasteiger partial charge in [0.2, 0.25) is 0 Å². The second kappa shape index (κ2) is 6.98. The third-order valence-corrected chi connectivity index (χ3v) is 4.18. The van der Waals surface area contributed by atoms with Gasteiger partial charge in [-0.2, -0.15) is 5.10 Å². The van der Waals surface area contributed by atoms with Gasteiger partial charge in [0.1, 0.15) is 18.5 Å². The summed E-state index contributed by atoms with van der Waals surface area (Å²) in [6, 6.07) is 6.20. The molecule has 5 nitrogen and oxygen atoms in total. The number of aromatic nitrogens is 3. The van der Waals surface area contributed by atoms with Gasteiger partial charge < -0.3 is 10.0 Å². The molecule has 1 aliphatic heterocycles. The van der Waals surface area contributed by atoms with Crippen molar-refractivity contribution in [3.05, 3.63) is 48.3 Å². The summed E-state index contributed by atoms with van der Waals surface area (Å²) in [5.74, 6) is 0.203. The van der Waals surface area contributed by atoms with Gasteiger partial charge in [-0.15, -0.1) is 0 Å². The normalized spacial score (nSPS) is 20.9. The summed E-state index contributed by atoms with van der Waals surface area (Å²) in [4.78, 5) is 6.22. The maximum absolute atomic E-state index is 13.2. The Bertz CT molecular complexity index is 590. The lowest BCUT2D eigenvalue weighted by molar-refractivity contribution is 0.0798. The number of benzene rings is 1. The highest BCUT2D eigenvalue weighted by Gasteiger charge is 2.23. The summed E-state index contributed by atoms with van der Waals surface area (Å²) in [6.45, 7) is 3.29. The van der Waals surface area contributed by atoms with Crippen LogP contribution >= 0.6 is 0 Å². The van der Waals surface area contributed by atoms with Gasteiger partial charge in [-0.05, 0) is 43.0 Å². The molecule has 3 rings (SSSR count). The largest absolute Gasteiger partial charge is 0.387 e. The Labute approximate surface area is 129 Å². The van der Waals surface area contributed by atoms with Crippen LogP contribution in [0.1, 0.15) is 24.5 Å². The molecule has 0 aliphatic carbocycles. The lowest BCUT2D eigenvalue weighted by Crippen LogP contribution is -2.39. The zero-order valence-electron chi connectivity index (χ0n) is 12.5. The zero-order chi connectivity index (χ0) is 15.4. The molecule has 0 saturated carbocycles. The first-order chi connectivity index (χ1) is 10.7. The number of aliphatic hydroxyl groups is 1. The van der Waals surface area contributed by atoms with Crippen molar-refractivity contribution >= 4 is 0 Å². The summed E-state index contributed by atoms with van der Waals surface area (Å²) in [7, 11) is 0. The molecule has 2 atom stereocenters. The Morgan fingerprint density at radius 3 is 3.09 bits per heavy atom. The van der Waals surface area contributed by atoms with Gasteiger partial charge >= 0.3 is 0 Å². The fraction of sp³-hybridized carbons (Fsp3) is 0.500. The van der Waals surface area contributed by atoms with E-state index in [0.29, 0.717) is 18.0 Å². The third kappa shape index (κ3) is 3.90. The van der Waals surface area contributed by atoms with Crippen LogP contribution in [0.5, 0.6) is 0 Å². The standard InChI is InChI=1S/C16H21FN4O/c17-15-5-1-4-14(7-15)16(22)10-20-6-2-3-13(8-20)9-21-12-18-11-19-21/h1,4-5,7,11-13,16,22H,2-3,6,8-10H2/t13-,16-/m0/s1. The fourth-order valence-corrected chi connectivity index (χ4v) is 3.12. The second-order valence-electron chi connectivity index (χ2n) is 5.96. The Balaban J connectivity index is 1.55. The highest BCUT2D eigenvalue weighted by Crippen LogP contribution is 2.21. The van der Waals surface area contributed by atoms with Crippen LogP contribution in [0.2, 0.25) is 0 Å². The van der Waals surface area contributed by atoms with Crippen LogP contribution in [0.15, 0.2) is 36.9 Å². The van der Waals surface area contributed by atoms with Gasteiger partial charge in [0.15, 0.2) is 0 Å². The lowest BCUT2D eigenvalue weighted by Gasteiger charge is -2.33. The summed E-state index contributed by atoms with van der Waals surface area (Å²) >= 11 is 0. The molecule has 1 fully saturated rings. The predicted molar refractivity (Wildman–Crippen MR) is 80.5 cm³/mol. The molecule has 1 saturated heterocycles. The first-order valence-corrected chi connectivity index (χ1v) is 7.69. The molecular formula is C16H21FN4O. The van der Waals surface area contributed by atoms with Gasteiger partial charge in [0, 0.05) is 19.6 Å². The minimum absolute atomic E-state index is 0.306. The Kier molecular flexibility index (Phi) is 4.80. The van der Waals surface area contributed by atoms with Gasteiger partial charge in [0.05, 0.1) is 6.10 Å². The SMILES string of the molecule is O[C@@H](CN1CCC[C@H](Cn2cncn2)C1)c1cccc(F)c1. The summed E-state index contributed by atoms with van der Waals surface area (Å²) in [6.07, 6.45) is 4.90. The molecule has 0 spiro atoms. The number of likely N-dealkylation sites (tertiary alicyclic amines) is 1. The molecule has 22 heavy (non-hydrogen) atoms. The van der Waals surface area contributed by atoms with Crippen LogP contribution in [0.25, 0.3) is 0 Å². The maximum Gasteiger partial charge on any atom is 0.137 e. The first kappa shape index (κ1) is 15.1. The van der Waals surface area contributed by atoms with Gasteiger partial charge in [-0.1, -0.05) is 12.1 Å². The minimum atomic E-state index is -0.652. The Morgan fingerprint density at radius 1 is 1.41 bits per heavy atom. The van der Waals surface area contributed by atoms with Crippen LogP contribution < -0.4 is 0 Å². The van der Waals surface area contributed by atoms with Crippen molar-refractivity contribution in [3.63, 3.8) is 0 Å². The van der Waals surface area contributed by atoms with E-state index in [4.69, 9.17) is 0 Å². The van der Waals surface area contributed by atoms with E-state index in [1.54, 1.807) is 24.8 Å². The van der Waals surface area contributed by atoms with Crippen LogP contribution in [-0.2, 0) is 6.54 Å². The van der Waals surface area contributed by atoms with Crippen molar-refractivity contribution in [2.45, 2.75) is 25.5 Å². The van der Waals surface area contributed by atoms with Crippen molar-refractivity contribution in [2.24, 2.45) is 5.92 Å². The molecule has 0 amide bonds. The molecule has 1 aliphatic rings. The van der Waals surface area contributed by atoms with E-state index in [1.807, 2.05) is 4.68 Å². The molecule has 2 heterocycles. The number of halogens is 1. The summed E-state index contributed by atoms with van der Waals surface area (Å²) in [5, 5.41) is 14.5. The number of piperidine rings is 1. The Hall–Kier alpha value is -1.79. The van der Waals surface area contributed by atoms with Crippen molar-refractivity contribution < 1.29 is 9.50 Å². The molecule has 118 valence electrons. The van der Waals surface area contributed by atoms with Crippen molar-refractivity contribution in [2.75, 3.05) is 19.6 Å². The van der Waals surface area contributed by atoms with E-state index in [2.05, 4.69) is 15.0 Å². The number of hydrogen-bond donors (Lipinski definition) is 1. The van der Waals surface area contributed by atoms with Gasteiger partial charge in [0.25, 0.3) is 0 Å². The third-order valence-electron chi connectivity index (χ3n) is 4.18. The van der Waals surface area contributed by atoms with E-state index < -0.39 is 6.10 Å². The van der Waals surface area contributed by atoms with Crippen molar-refractivity contribution in [3.8, 4) is 0 Å². The van der Waals surface area contributed by atoms with Crippen LogP contribution in [0, 0.1) is 11.7 Å². The molecule has 0 bridgehead atoms. The average Bonchev–Trinajstić information content (AvgIpc) is 3.00. The number of aliphatic hydroxyl groups excluding tert-OH is 1. The van der Waals surface area contributed by atoms with Gasteiger partial charge in [-0.25, -0.2) is 9.37 Å². The maximum atomic E-state index is 13.2. The van der Waals surface area contributed by atoms with Crippen LogP contribution in [0.3, 0.4) is 0 Å². The monoisotopic (exact) mass is 304 g/mol. The number of rotatable bonds is 5. The fourth-order valence-electron chi connectivity index (χ4n) is 3.12. The van der Waals surface area contributed by atoms with E-state index in [-0.39, 0.29) is 5.82 Å². The molecule has 2 aromatic rings. The number of β-amino-alcohol motifs (C(OH)–C–C–N with tert-alkyl or cyclic N) is 1. The van der Waals surface area contributed by atoms with Crippen LogP contribution in [-0.4, -0.2) is 44.4 Å². The van der Waals surface area contributed by atoms with E-state index in [0.717, 1.165) is 32.5 Å². The molecule has 1 aromatic carbocycles. The van der Waals surface area contributed by atoms with E-state index >= 15 is 0 Å². The number of hydrogen-bond acceptors (Lipinski definition) is 4. The average molecular weight is 304 g/mol. The molecule has 1 N–H and O–H groups in total. The highest BCUT2D eigenvalue weighted by atomic mass is 19.1. The van der Waals surface area contributed by atoms with E-state index in [1.165, 1.54) is 12.1 Å².